The molecule has 0 saturated carbocycles. The van der Waals surface area contributed by atoms with Gasteiger partial charge in [0.2, 0.25) is 0 Å². The minimum atomic E-state index is 0.517. The van der Waals surface area contributed by atoms with Crippen molar-refractivity contribution in [2.45, 2.75) is 32.7 Å². The van der Waals surface area contributed by atoms with Crippen molar-refractivity contribution in [1.29, 1.82) is 5.26 Å². The molecule has 1 saturated heterocycles. The lowest BCUT2D eigenvalue weighted by atomic mass is 9.88. The van der Waals surface area contributed by atoms with Gasteiger partial charge in [0, 0.05) is 19.1 Å². The van der Waals surface area contributed by atoms with Gasteiger partial charge in [-0.1, -0.05) is 44.2 Å². The third-order valence-corrected chi connectivity index (χ3v) is 4.09. The summed E-state index contributed by atoms with van der Waals surface area (Å²) in [7, 11) is 0. The van der Waals surface area contributed by atoms with Gasteiger partial charge in [0.15, 0.2) is 0 Å². The van der Waals surface area contributed by atoms with Gasteiger partial charge in [0.1, 0.15) is 0 Å². The summed E-state index contributed by atoms with van der Waals surface area (Å²) in [5, 5.41) is 12.7. The minimum Gasteiger partial charge on any atom is -0.312 e. The van der Waals surface area contributed by atoms with Gasteiger partial charge in [0.25, 0.3) is 0 Å². The zero-order chi connectivity index (χ0) is 15.1. The van der Waals surface area contributed by atoms with E-state index in [9.17, 15) is 0 Å². The fourth-order valence-electron chi connectivity index (χ4n) is 3.18. The van der Waals surface area contributed by atoms with E-state index >= 15 is 0 Å². The van der Waals surface area contributed by atoms with Crippen LogP contribution in [0, 0.1) is 23.2 Å². The van der Waals surface area contributed by atoms with E-state index in [4.69, 9.17) is 5.26 Å². The third kappa shape index (κ3) is 5.49. The van der Waals surface area contributed by atoms with E-state index in [0.717, 1.165) is 26.1 Å². The van der Waals surface area contributed by atoms with Crippen LogP contribution in [0.2, 0.25) is 0 Å². The van der Waals surface area contributed by atoms with Crippen LogP contribution in [0.15, 0.2) is 30.3 Å². The van der Waals surface area contributed by atoms with Gasteiger partial charge < -0.3 is 5.32 Å². The third-order valence-electron chi connectivity index (χ3n) is 4.09. The summed E-state index contributed by atoms with van der Waals surface area (Å²) < 4.78 is 0. The molecule has 0 aromatic heterocycles. The molecule has 0 bridgehead atoms. The van der Waals surface area contributed by atoms with Crippen LogP contribution >= 0.6 is 0 Å². The summed E-state index contributed by atoms with van der Waals surface area (Å²) in [4.78, 5) is 2.30. The fourth-order valence-corrected chi connectivity index (χ4v) is 3.18. The van der Waals surface area contributed by atoms with E-state index in [1.807, 2.05) is 0 Å². The SMILES string of the molecule is CC(C)CNC1CC(Cc2ccccc2)CN(CC#N)C1. The Morgan fingerprint density at radius 2 is 2.05 bits per heavy atom. The molecular formula is C18H27N3. The summed E-state index contributed by atoms with van der Waals surface area (Å²) in [6.45, 7) is 8.14. The van der Waals surface area contributed by atoms with Crippen LogP contribution in [0.5, 0.6) is 0 Å². The average molecular weight is 285 g/mol. The molecule has 1 aromatic carbocycles. The first-order chi connectivity index (χ1) is 10.2. The van der Waals surface area contributed by atoms with E-state index in [1.54, 1.807) is 0 Å². The van der Waals surface area contributed by atoms with Gasteiger partial charge >= 0.3 is 0 Å². The smallest absolute Gasteiger partial charge is 0.0866 e. The molecule has 114 valence electrons. The summed E-state index contributed by atoms with van der Waals surface area (Å²) in [5.41, 5.74) is 1.41. The first-order valence-corrected chi connectivity index (χ1v) is 8.04. The largest absolute Gasteiger partial charge is 0.312 e. The molecule has 0 radical (unpaired) electrons. The minimum absolute atomic E-state index is 0.517. The molecule has 2 rings (SSSR count). The lowest BCUT2D eigenvalue weighted by Gasteiger charge is -2.37. The van der Waals surface area contributed by atoms with Gasteiger partial charge in [-0.2, -0.15) is 5.26 Å². The monoisotopic (exact) mass is 285 g/mol. The number of nitriles is 1. The number of piperidine rings is 1. The molecular weight excluding hydrogens is 258 g/mol. The molecule has 0 aliphatic carbocycles. The molecule has 3 heteroatoms. The molecule has 0 spiro atoms. The molecule has 2 atom stereocenters. The van der Waals surface area contributed by atoms with Crippen molar-refractivity contribution < 1.29 is 0 Å². The maximum absolute atomic E-state index is 8.99. The molecule has 1 N–H and O–H groups in total. The maximum atomic E-state index is 8.99. The number of hydrogen-bond acceptors (Lipinski definition) is 3. The number of likely N-dealkylation sites (tertiary alicyclic amines) is 1. The second kappa shape index (κ2) is 8.17. The first kappa shape index (κ1) is 16.0. The van der Waals surface area contributed by atoms with Crippen LogP contribution in [-0.4, -0.2) is 37.1 Å². The van der Waals surface area contributed by atoms with Crippen molar-refractivity contribution >= 4 is 0 Å². The van der Waals surface area contributed by atoms with E-state index in [-0.39, 0.29) is 0 Å². The molecule has 21 heavy (non-hydrogen) atoms. The molecule has 2 unspecified atom stereocenters. The Bertz CT molecular complexity index is 449. The van der Waals surface area contributed by atoms with Crippen LogP contribution in [0.4, 0.5) is 0 Å². The fraction of sp³-hybridized carbons (Fsp3) is 0.611. The number of hydrogen-bond donors (Lipinski definition) is 1. The molecule has 1 aliphatic rings. The van der Waals surface area contributed by atoms with Crippen molar-refractivity contribution in [3.05, 3.63) is 35.9 Å². The van der Waals surface area contributed by atoms with Crippen LogP contribution < -0.4 is 5.32 Å². The second-order valence-corrected chi connectivity index (χ2v) is 6.64. The number of rotatable bonds is 6. The molecule has 1 aliphatic heterocycles. The van der Waals surface area contributed by atoms with Gasteiger partial charge in [0.05, 0.1) is 12.6 Å². The van der Waals surface area contributed by atoms with Crippen molar-refractivity contribution in [3.63, 3.8) is 0 Å². The van der Waals surface area contributed by atoms with Gasteiger partial charge in [-0.3, -0.25) is 4.90 Å². The predicted octanol–water partition coefficient (Wildman–Crippen LogP) is 2.69. The Morgan fingerprint density at radius 1 is 1.29 bits per heavy atom. The second-order valence-electron chi connectivity index (χ2n) is 6.64. The summed E-state index contributed by atoms with van der Waals surface area (Å²) in [5.74, 6) is 1.31. The van der Waals surface area contributed by atoms with Crippen molar-refractivity contribution in [2.75, 3.05) is 26.2 Å². The van der Waals surface area contributed by atoms with Crippen molar-refractivity contribution in [3.8, 4) is 6.07 Å². The van der Waals surface area contributed by atoms with Crippen molar-refractivity contribution in [2.24, 2.45) is 11.8 Å². The highest BCUT2D eigenvalue weighted by molar-refractivity contribution is 5.15. The van der Waals surface area contributed by atoms with Crippen LogP contribution in [0.1, 0.15) is 25.8 Å². The van der Waals surface area contributed by atoms with Crippen LogP contribution in [-0.2, 0) is 6.42 Å². The first-order valence-electron chi connectivity index (χ1n) is 8.04. The maximum Gasteiger partial charge on any atom is 0.0866 e. The number of benzene rings is 1. The number of nitrogens with one attached hydrogen (secondary N) is 1. The van der Waals surface area contributed by atoms with E-state index in [0.29, 0.717) is 24.4 Å². The number of nitrogens with zero attached hydrogens (tertiary/aromatic N) is 2. The topological polar surface area (TPSA) is 39.1 Å². The Morgan fingerprint density at radius 3 is 2.71 bits per heavy atom. The van der Waals surface area contributed by atoms with E-state index in [2.05, 4.69) is 60.5 Å². The highest BCUT2D eigenvalue weighted by Gasteiger charge is 2.26. The zero-order valence-corrected chi connectivity index (χ0v) is 13.3. The predicted molar refractivity (Wildman–Crippen MR) is 86.9 cm³/mol. The molecule has 1 aromatic rings. The molecule has 3 nitrogen and oxygen atoms in total. The normalized spacial score (nSPS) is 23.1. The summed E-state index contributed by atoms with van der Waals surface area (Å²) in [6, 6.07) is 13.5. The highest BCUT2D eigenvalue weighted by Crippen LogP contribution is 2.21. The Labute approximate surface area is 129 Å². The molecule has 1 heterocycles. The lowest BCUT2D eigenvalue weighted by molar-refractivity contribution is 0.153. The van der Waals surface area contributed by atoms with Crippen LogP contribution in [0.3, 0.4) is 0 Å². The van der Waals surface area contributed by atoms with Gasteiger partial charge in [-0.15, -0.1) is 0 Å². The molecule has 0 amide bonds. The summed E-state index contributed by atoms with van der Waals surface area (Å²) in [6.07, 6.45) is 2.33. The molecule has 1 fully saturated rings. The lowest BCUT2D eigenvalue weighted by Crippen LogP contribution is -2.50. The average Bonchev–Trinajstić information content (AvgIpc) is 2.46. The van der Waals surface area contributed by atoms with Crippen LogP contribution in [0.25, 0.3) is 0 Å². The van der Waals surface area contributed by atoms with Crippen molar-refractivity contribution in [1.82, 2.24) is 10.2 Å². The highest BCUT2D eigenvalue weighted by atomic mass is 15.2. The van der Waals surface area contributed by atoms with Gasteiger partial charge in [-0.25, -0.2) is 0 Å². The Kier molecular flexibility index (Phi) is 6.22. The zero-order valence-electron chi connectivity index (χ0n) is 13.3. The van der Waals surface area contributed by atoms with E-state index < -0.39 is 0 Å². The quantitative estimate of drug-likeness (QED) is 0.817. The Hall–Kier alpha value is -1.37. The van der Waals surface area contributed by atoms with Gasteiger partial charge in [-0.05, 0) is 36.8 Å². The summed E-state index contributed by atoms with van der Waals surface area (Å²) >= 11 is 0. The standard InChI is InChI=1S/C18H27N3/c1-15(2)12-20-18-11-17(13-21(14-18)9-8-19)10-16-6-4-3-5-7-16/h3-7,15,17-18,20H,9-14H2,1-2H3. The van der Waals surface area contributed by atoms with E-state index in [1.165, 1.54) is 12.0 Å². The Balaban J connectivity index is 1.94.